The first kappa shape index (κ1) is 16.8. The van der Waals surface area contributed by atoms with Crippen LogP contribution in [0.5, 0.6) is 11.6 Å². The zero-order valence-electron chi connectivity index (χ0n) is 13.2. The fourth-order valence-electron chi connectivity index (χ4n) is 2.08. The monoisotopic (exact) mass is 280 g/mol. The number of rotatable bonds is 10. The summed E-state index contributed by atoms with van der Waals surface area (Å²) in [6.45, 7) is 11.1. The van der Waals surface area contributed by atoms with Gasteiger partial charge in [-0.1, -0.05) is 20.8 Å². The van der Waals surface area contributed by atoms with Crippen LogP contribution in [-0.2, 0) is 0 Å². The van der Waals surface area contributed by atoms with Gasteiger partial charge >= 0.3 is 0 Å². The minimum absolute atomic E-state index is 0.192. The Morgan fingerprint density at radius 3 is 2.75 bits per heavy atom. The van der Waals surface area contributed by atoms with Gasteiger partial charge in [-0.05, 0) is 50.9 Å². The molecule has 1 heterocycles. The summed E-state index contributed by atoms with van der Waals surface area (Å²) in [6.07, 6.45) is 3.95. The number of aromatic nitrogens is 1. The molecule has 0 aliphatic carbocycles. The van der Waals surface area contributed by atoms with E-state index in [1.807, 2.05) is 19.1 Å². The van der Waals surface area contributed by atoms with E-state index < -0.39 is 0 Å². The van der Waals surface area contributed by atoms with Crippen molar-refractivity contribution in [1.82, 2.24) is 10.3 Å². The van der Waals surface area contributed by atoms with E-state index in [-0.39, 0.29) is 6.10 Å². The number of nitrogens with one attached hydrogen (secondary N) is 1. The summed E-state index contributed by atoms with van der Waals surface area (Å²) in [5.41, 5.74) is 0. The lowest BCUT2D eigenvalue weighted by molar-refractivity contribution is 0.154. The third-order valence-corrected chi connectivity index (χ3v) is 2.94. The van der Waals surface area contributed by atoms with E-state index in [0.717, 1.165) is 31.7 Å². The summed E-state index contributed by atoms with van der Waals surface area (Å²) in [5, 5.41) is 3.35. The minimum atomic E-state index is 0.192. The molecule has 0 aromatic carbocycles. The van der Waals surface area contributed by atoms with Gasteiger partial charge in [0.25, 0.3) is 5.88 Å². The van der Waals surface area contributed by atoms with Gasteiger partial charge in [0.05, 0.1) is 6.61 Å². The number of hydrogen-bond donors (Lipinski definition) is 1. The molecule has 1 aromatic rings. The van der Waals surface area contributed by atoms with Gasteiger partial charge in [-0.15, -0.1) is 0 Å². The first-order chi connectivity index (χ1) is 9.67. The predicted molar refractivity (Wildman–Crippen MR) is 82.4 cm³/mol. The molecule has 0 spiro atoms. The first-order valence-corrected chi connectivity index (χ1v) is 7.62. The molecule has 0 radical (unpaired) electrons. The molecule has 1 N–H and O–H groups in total. The third-order valence-electron chi connectivity index (χ3n) is 2.94. The van der Waals surface area contributed by atoms with Crippen molar-refractivity contribution >= 4 is 0 Å². The highest BCUT2D eigenvalue weighted by atomic mass is 16.5. The van der Waals surface area contributed by atoms with Crippen molar-refractivity contribution in [2.45, 2.75) is 46.6 Å². The summed E-state index contributed by atoms with van der Waals surface area (Å²) in [6, 6.07) is 3.81. The van der Waals surface area contributed by atoms with E-state index in [2.05, 4.69) is 31.1 Å². The molecule has 0 amide bonds. The third kappa shape index (κ3) is 6.24. The summed E-state index contributed by atoms with van der Waals surface area (Å²) >= 11 is 0. The maximum atomic E-state index is 6.13. The minimum Gasteiger partial charge on any atom is -0.485 e. The molecule has 0 saturated carbocycles. The predicted octanol–water partition coefficient (Wildman–Crippen LogP) is 3.27. The Balaban J connectivity index is 2.67. The zero-order valence-corrected chi connectivity index (χ0v) is 13.2. The first-order valence-electron chi connectivity index (χ1n) is 7.62. The van der Waals surface area contributed by atoms with E-state index in [9.17, 15) is 0 Å². The zero-order chi connectivity index (χ0) is 14.8. The number of hydrogen-bond acceptors (Lipinski definition) is 4. The molecule has 20 heavy (non-hydrogen) atoms. The largest absolute Gasteiger partial charge is 0.485 e. The topological polar surface area (TPSA) is 43.4 Å². The standard InChI is InChI=1S/C16H28N2O2/c1-5-17-11-9-14(12-13(3)4)20-15-8-7-10-18-16(15)19-6-2/h7-8,10,13-14,17H,5-6,9,11-12H2,1-4H3. The van der Waals surface area contributed by atoms with Crippen LogP contribution in [0, 0.1) is 5.92 Å². The van der Waals surface area contributed by atoms with Crippen LogP contribution in [0.15, 0.2) is 18.3 Å². The molecule has 0 aliphatic heterocycles. The van der Waals surface area contributed by atoms with Gasteiger partial charge in [0, 0.05) is 6.20 Å². The molecule has 1 unspecified atom stereocenters. The molecular formula is C16H28N2O2. The lowest BCUT2D eigenvalue weighted by Gasteiger charge is -2.22. The summed E-state index contributed by atoms with van der Waals surface area (Å²) in [7, 11) is 0. The summed E-state index contributed by atoms with van der Waals surface area (Å²) in [4.78, 5) is 4.23. The van der Waals surface area contributed by atoms with Crippen LogP contribution in [0.1, 0.15) is 40.5 Å². The molecule has 0 bridgehead atoms. The number of pyridine rings is 1. The summed E-state index contributed by atoms with van der Waals surface area (Å²) in [5.74, 6) is 1.94. The van der Waals surface area contributed by atoms with Gasteiger partial charge in [0.1, 0.15) is 6.10 Å². The molecule has 1 rings (SSSR count). The molecule has 0 saturated heterocycles. The quantitative estimate of drug-likeness (QED) is 0.668. The average molecular weight is 280 g/mol. The van der Waals surface area contributed by atoms with Gasteiger partial charge in [0.15, 0.2) is 5.75 Å². The maximum absolute atomic E-state index is 6.13. The fraction of sp³-hybridized carbons (Fsp3) is 0.688. The molecule has 4 heteroatoms. The summed E-state index contributed by atoms with van der Waals surface area (Å²) < 4.78 is 11.6. The van der Waals surface area contributed by atoms with Crippen LogP contribution in [-0.4, -0.2) is 30.8 Å². The molecule has 0 aliphatic rings. The van der Waals surface area contributed by atoms with Crippen molar-refractivity contribution in [2.24, 2.45) is 5.92 Å². The van der Waals surface area contributed by atoms with E-state index in [0.29, 0.717) is 18.4 Å². The number of ether oxygens (including phenoxy) is 2. The maximum Gasteiger partial charge on any atom is 0.256 e. The molecule has 4 nitrogen and oxygen atoms in total. The van der Waals surface area contributed by atoms with Crippen molar-refractivity contribution in [3.63, 3.8) is 0 Å². The highest BCUT2D eigenvalue weighted by molar-refractivity contribution is 5.32. The van der Waals surface area contributed by atoms with Crippen LogP contribution >= 0.6 is 0 Å². The highest BCUT2D eigenvalue weighted by Gasteiger charge is 2.15. The Kier molecular flexibility index (Phi) is 8.04. The Hall–Kier alpha value is -1.29. The lowest BCUT2D eigenvalue weighted by Crippen LogP contribution is -2.26. The van der Waals surface area contributed by atoms with Gasteiger partial charge in [-0.25, -0.2) is 4.98 Å². The molecule has 0 fully saturated rings. The molecule has 1 aromatic heterocycles. The van der Waals surface area contributed by atoms with Crippen LogP contribution in [0.4, 0.5) is 0 Å². The van der Waals surface area contributed by atoms with Crippen molar-refractivity contribution in [3.8, 4) is 11.6 Å². The van der Waals surface area contributed by atoms with Crippen molar-refractivity contribution in [1.29, 1.82) is 0 Å². The van der Waals surface area contributed by atoms with E-state index >= 15 is 0 Å². The Morgan fingerprint density at radius 1 is 1.30 bits per heavy atom. The Morgan fingerprint density at radius 2 is 2.10 bits per heavy atom. The SMILES string of the molecule is CCNCCC(CC(C)C)Oc1cccnc1OCC. The van der Waals surface area contributed by atoms with E-state index in [1.165, 1.54) is 0 Å². The van der Waals surface area contributed by atoms with Crippen molar-refractivity contribution in [3.05, 3.63) is 18.3 Å². The van der Waals surface area contributed by atoms with Gasteiger partial charge < -0.3 is 14.8 Å². The van der Waals surface area contributed by atoms with Gasteiger partial charge in [0.2, 0.25) is 0 Å². The second-order valence-corrected chi connectivity index (χ2v) is 5.25. The molecule has 1 atom stereocenters. The van der Waals surface area contributed by atoms with E-state index in [1.54, 1.807) is 6.20 Å². The van der Waals surface area contributed by atoms with Gasteiger partial charge in [-0.3, -0.25) is 0 Å². The Labute approximate surface area is 122 Å². The van der Waals surface area contributed by atoms with Crippen LogP contribution in [0.2, 0.25) is 0 Å². The molecular weight excluding hydrogens is 252 g/mol. The average Bonchev–Trinajstić information content (AvgIpc) is 2.41. The molecule has 114 valence electrons. The van der Waals surface area contributed by atoms with Crippen molar-refractivity contribution < 1.29 is 9.47 Å². The normalized spacial score (nSPS) is 12.4. The lowest BCUT2D eigenvalue weighted by atomic mass is 10.0. The smallest absolute Gasteiger partial charge is 0.256 e. The van der Waals surface area contributed by atoms with Crippen LogP contribution in [0.25, 0.3) is 0 Å². The highest BCUT2D eigenvalue weighted by Crippen LogP contribution is 2.26. The van der Waals surface area contributed by atoms with E-state index in [4.69, 9.17) is 9.47 Å². The van der Waals surface area contributed by atoms with Crippen LogP contribution in [0.3, 0.4) is 0 Å². The van der Waals surface area contributed by atoms with Crippen molar-refractivity contribution in [2.75, 3.05) is 19.7 Å². The van der Waals surface area contributed by atoms with Crippen LogP contribution < -0.4 is 14.8 Å². The second kappa shape index (κ2) is 9.59. The fourth-order valence-corrected chi connectivity index (χ4v) is 2.08. The second-order valence-electron chi connectivity index (χ2n) is 5.25. The van der Waals surface area contributed by atoms with Gasteiger partial charge in [-0.2, -0.15) is 0 Å². The number of nitrogens with zero attached hydrogens (tertiary/aromatic N) is 1. The Bertz CT molecular complexity index is 369.